The van der Waals surface area contributed by atoms with E-state index >= 15 is 0 Å². The van der Waals surface area contributed by atoms with Crippen LogP contribution in [-0.2, 0) is 6.54 Å². The highest BCUT2D eigenvalue weighted by Gasteiger charge is 2.16. The number of carbonyl (C=O) groups excluding carboxylic acids is 1. The second-order valence-corrected chi connectivity index (χ2v) is 6.87. The van der Waals surface area contributed by atoms with Crippen molar-refractivity contribution in [2.45, 2.75) is 6.54 Å². The van der Waals surface area contributed by atoms with Gasteiger partial charge in [-0.05, 0) is 84.8 Å². The Hall–Kier alpha value is -0.340. The average Bonchev–Trinajstić information content (AvgIpc) is 2.77. The Bertz CT molecular complexity index is 612. The van der Waals surface area contributed by atoms with Crippen LogP contribution in [0.25, 0.3) is 0 Å². The number of hydrogen-bond acceptors (Lipinski definition) is 2. The number of rotatable bonds is 3. The normalized spacial score (nSPS) is 10.5. The summed E-state index contributed by atoms with van der Waals surface area (Å²) in [6.07, 6.45) is 0. The van der Waals surface area contributed by atoms with Gasteiger partial charge in [-0.3, -0.25) is 4.79 Å². The highest BCUT2D eigenvalue weighted by molar-refractivity contribution is 14.1. The standard InChI is InChI=1S/C13H10Br2INO2/c1-17(7-9-3-5-12(15)19-9)13(18)10-6-8(16)2-4-11(10)14/h2-6H,7H2,1H3. The van der Waals surface area contributed by atoms with E-state index in [1.165, 1.54) is 0 Å². The summed E-state index contributed by atoms with van der Waals surface area (Å²) in [6, 6.07) is 9.35. The first-order valence-corrected chi connectivity index (χ1v) is 8.08. The molecule has 0 unspecified atom stereocenters. The largest absolute Gasteiger partial charge is 0.452 e. The molecule has 1 heterocycles. The summed E-state index contributed by atoms with van der Waals surface area (Å²) in [5, 5.41) is 0. The summed E-state index contributed by atoms with van der Waals surface area (Å²) in [6.45, 7) is 0.433. The molecule has 0 spiro atoms. The fourth-order valence-corrected chi connectivity index (χ4v) is 2.86. The second-order valence-electron chi connectivity index (χ2n) is 3.99. The Labute approximate surface area is 141 Å². The quantitative estimate of drug-likeness (QED) is 0.576. The van der Waals surface area contributed by atoms with E-state index < -0.39 is 0 Å². The minimum Gasteiger partial charge on any atom is -0.452 e. The molecule has 0 N–H and O–H groups in total. The SMILES string of the molecule is CN(Cc1ccc(Br)o1)C(=O)c1cc(I)ccc1Br. The van der Waals surface area contributed by atoms with Crippen LogP contribution in [0.3, 0.4) is 0 Å². The van der Waals surface area contributed by atoms with E-state index in [1.807, 2.05) is 30.3 Å². The number of benzene rings is 1. The molecule has 100 valence electrons. The third-order valence-corrected chi connectivity index (χ3v) is 4.32. The first-order chi connectivity index (χ1) is 8.97. The Morgan fingerprint density at radius 3 is 2.68 bits per heavy atom. The molecule has 3 nitrogen and oxygen atoms in total. The van der Waals surface area contributed by atoms with Gasteiger partial charge in [0, 0.05) is 15.1 Å². The number of amides is 1. The van der Waals surface area contributed by atoms with Gasteiger partial charge >= 0.3 is 0 Å². The van der Waals surface area contributed by atoms with Gasteiger partial charge in [-0.2, -0.15) is 0 Å². The Morgan fingerprint density at radius 2 is 2.05 bits per heavy atom. The zero-order chi connectivity index (χ0) is 14.0. The van der Waals surface area contributed by atoms with Gasteiger partial charge in [-0.15, -0.1) is 0 Å². The van der Waals surface area contributed by atoms with Crippen LogP contribution in [0.4, 0.5) is 0 Å². The molecule has 1 aromatic carbocycles. The molecule has 0 saturated carbocycles. The van der Waals surface area contributed by atoms with E-state index in [1.54, 1.807) is 11.9 Å². The molecule has 0 aliphatic carbocycles. The second kappa shape index (κ2) is 6.41. The zero-order valence-corrected chi connectivity index (χ0v) is 15.3. The van der Waals surface area contributed by atoms with Crippen molar-refractivity contribution in [3.63, 3.8) is 0 Å². The van der Waals surface area contributed by atoms with E-state index in [-0.39, 0.29) is 5.91 Å². The minimum atomic E-state index is -0.0436. The van der Waals surface area contributed by atoms with E-state index in [9.17, 15) is 4.79 Å². The Balaban J connectivity index is 2.16. The lowest BCUT2D eigenvalue weighted by atomic mass is 10.2. The van der Waals surface area contributed by atoms with Crippen molar-refractivity contribution >= 4 is 60.4 Å². The summed E-state index contributed by atoms with van der Waals surface area (Å²) in [4.78, 5) is 14.0. The van der Waals surface area contributed by atoms with E-state index in [0.717, 1.165) is 13.8 Å². The molecule has 0 aliphatic rings. The minimum absolute atomic E-state index is 0.0436. The highest BCUT2D eigenvalue weighted by atomic mass is 127. The van der Waals surface area contributed by atoms with Gasteiger partial charge in [0.2, 0.25) is 0 Å². The predicted octanol–water partition coefficient (Wildman–Crippen LogP) is 4.68. The van der Waals surface area contributed by atoms with Gasteiger partial charge in [0.1, 0.15) is 5.76 Å². The van der Waals surface area contributed by atoms with Crippen molar-refractivity contribution in [2.24, 2.45) is 0 Å². The molecular formula is C13H10Br2INO2. The molecule has 1 aromatic heterocycles. The summed E-state index contributed by atoms with van der Waals surface area (Å²) in [5.74, 6) is 0.697. The van der Waals surface area contributed by atoms with Crippen molar-refractivity contribution < 1.29 is 9.21 Å². The fourth-order valence-electron chi connectivity index (χ4n) is 1.61. The maximum Gasteiger partial charge on any atom is 0.255 e. The van der Waals surface area contributed by atoms with Crippen LogP contribution >= 0.6 is 54.5 Å². The molecule has 0 saturated heterocycles. The number of halogens is 3. The molecule has 0 fully saturated rings. The van der Waals surface area contributed by atoms with Gasteiger partial charge in [-0.25, -0.2) is 0 Å². The number of hydrogen-bond donors (Lipinski definition) is 0. The lowest BCUT2D eigenvalue weighted by molar-refractivity contribution is 0.0774. The van der Waals surface area contributed by atoms with E-state index in [2.05, 4.69) is 54.5 Å². The number of furan rings is 1. The maximum atomic E-state index is 12.4. The van der Waals surface area contributed by atoms with Crippen molar-refractivity contribution in [1.82, 2.24) is 4.90 Å². The molecule has 0 radical (unpaired) electrons. The molecule has 6 heteroatoms. The molecule has 0 aliphatic heterocycles. The van der Waals surface area contributed by atoms with Crippen LogP contribution < -0.4 is 0 Å². The molecule has 19 heavy (non-hydrogen) atoms. The Kier molecular flexibility index (Phi) is 5.08. The van der Waals surface area contributed by atoms with Crippen LogP contribution in [0, 0.1) is 3.57 Å². The van der Waals surface area contributed by atoms with Crippen LogP contribution in [0.2, 0.25) is 0 Å². The monoisotopic (exact) mass is 497 g/mol. The van der Waals surface area contributed by atoms with E-state index in [0.29, 0.717) is 16.8 Å². The summed E-state index contributed by atoms with van der Waals surface area (Å²) in [5.41, 5.74) is 0.653. The summed E-state index contributed by atoms with van der Waals surface area (Å²) >= 11 is 8.84. The molecule has 2 aromatic rings. The fraction of sp³-hybridized carbons (Fsp3) is 0.154. The van der Waals surface area contributed by atoms with Crippen LogP contribution in [0.5, 0.6) is 0 Å². The molecular weight excluding hydrogens is 489 g/mol. The summed E-state index contributed by atoms with van der Waals surface area (Å²) < 4.78 is 7.89. The molecule has 0 atom stereocenters. The molecule has 0 bridgehead atoms. The maximum absolute atomic E-state index is 12.4. The Morgan fingerprint density at radius 1 is 1.32 bits per heavy atom. The average molecular weight is 499 g/mol. The van der Waals surface area contributed by atoms with Crippen molar-refractivity contribution in [2.75, 3.05) is 7.05 Å². The smallest absolute Gasteiger partial charge is 0.255 e. The zero-order valence-electron chi connectivity index (χ0n) is 9.99. The van der Waals surface area contributed by atoms with Gasteiger partial charge in [-0.1, -0.05) is 0 Å². The topological polar surface area (TPSA) is 33.5 Å². The third-order valence-electron chi connectivity index (χ3n) is 2.53. The van der Waals surface area contributed by atoms with Gasteiger partial charge in [0.15, 0.2) is 4.67 Å². The van der Waals surface area contributed by atoms with Crippen molar-refractivity contribution in [3.8, 4) is 0 Å². The van der Waals surface area contributed by atoms with Crippen LogP contribution in [0.1, 0.15) is 16.1 Å². The van der Waals surface area contributed by atoms with Crippen LogP contribution in [-0.4, -0.2) is 17.9 Å². The number of carbonyl (C=O) groups is 1. The van der Waals surface area contributed by atoms with Crippen molar-refractivity contribution in [3.05, 3.63) is 54.4 Å². The highest BCUT2D eigenvalue weighted by Crippen LogP contribution is 2.22. The third kappa shape index (κ3) is 3.82. The lowest BCUT2D eigenvalue weighted by Crippen LogP contribution is -2.26. The summed E-state index contributed by atoms with van der Waals surface area (Å²) in [7, 11) is 1.76. The van der Waals surface area contributed by atoms with Gasteiger partial charge < -0.3 is 9.32 Å². The first kappa shape index (κ1) is 15.1. The van der Waals surface area contributed by atoms with Crippen LogP contribution in [0.15, 0.2) is 43.9 Å². The van der Waals surface area contributed by atoms with Gasteiger partial charge in [0.05, 0.1) is 12.1 Å². The molecule has 2 rings (SSSR count). The predicted molar refractivity (Wildman–Crippen MR) is 89.1 cm³/mol. The van der Waals surface area contributed by atoms with Gasteiger partial charge in [0.25, 0.3) is 5.91 Å². The lowest BCUT2D eigenvalue weighted by Gasteiger charge is -2.16. The first-order valence-electron chi connectivity index (χ1n) is 5.42. The number of nitrogens with zero attached hydrogens (tertiary/aromatic N) is 1. The molecule has 1 amide bonds. The van der Waals surface area contributed by atoms with E-state index in [4.69, 9.17) is 4.42 Å². The van der Waals surface area contributed by atoms with Crippen molar-refractivity contribution in [1.29, 1.82) is 0 Å².